The first-order chi connectivity index (χ1) is 8.31. The van der Waals surface area contributed by atoms with Crippen LogP contribution in [0.3, 0.4) is 0 Å². The van der Waals surface area contributed by atoms with Crippen LogP contribution in [0.5, 0.6) is 11.5 Å². The van der Waals surface area contributed by atoms with Crippen molar-refractivity contribution in [3.8, 4) is 11.5 Å². The van der Waals surface area contributed by atoms with Gasteiger partial charge in [0.15, 0.2) is 11.5 Å². The molecule has 17 heavy (non-hydrogen) atoms. The summed E-state index contributed by atoms with van der Waals surface area (Å²) in [7, 11) is 0. The average molecular weight is 248 g/mol. The van der Waals surface area contributed by atoms with Crippen molar-refractivity contribution in [1.29, 1.82) is 0 Å². The first kappa shape index (κ1) is 10.4. The summed E-state index contributed by atoms with van der Waals surface area (Å²) in [5.41, 5.74) is 1.66. The van der Waals surface area contributed by atoms with E-state index in [4.69, 9.17) is 21.1 Å². The summed E-state index contributed by atoms with van der Waals surface area (Å²) >= 11 is 6.12. The molecule has 0 atom stereocenters. The lowest BCUT2D eigenvalue weighted by molar-refractivity contribution is 0.174. The summed E-state index contributed by atoms with van der Waals surface area (Å²) in [6.07, 6.45) is 3.33. The van der Waals surface area contributed by atoms with Crippen LogP contribution in [0.15, 0.2) is 24.9 Å². The van der Waals surface area contributed by atoms with Crippen molar-refractivity contribution in [1.82, 2.24) is 4.98 Å². The van der Waals surface area contributed by atoms with Gasteiger partial charge in [-0.15, -0.1) is 0 Å². The van der Waals surface area contributed by atoms with E-state index in [1.807, 2.05) is 12.1 Å². The highest BCUT2D eigenvalue weighted by atomic mass is 35.5. The average Bonchev–Trinajstić information content (AvgIpc) is 2.38. The summed E-state index contributed by atoms with van der Waals surface area (Å²) in [5.74, 6) is 1.44. The summed E-state index contributed by atoms with van der Waals surface area (Å²) in [5, 5.41) is 1.43. The third-order valence-electron chi connectivity index (χ3n) is 2.73. The van der Waals surface area contributed by atoms with Crippen LogP contribution in [-0.4, -0.2) is 18.2 Å². The van der Waals surface area contributed by atoms with Crippen molar-refractivity contribution >= 4 is 28.6 Å². The molecule has 2 heterocycles. The molecule has 1 aromatic carbocycles. The monoisotopic (exact) mass is 247 g/mol. The summed E-state index contributed by atoms with van der Waals surface area (Å²) < 4.78 is 11.2. The van der Waals surface area contributed by atoms with Crippen LogP contribution in [0.25, 0.3) is 17.0 Å². The number of pyridine rings is 1. The van der Waals surface area contributed by atoms with Gasteiger partial charge in [0.25, 0.3) is 0 Å². The molecule has 0 amide bonds. The summed E-state index contributed by atoms with van der Waals surface area (Å²) in [6.45, 7) is 4.88. The van der Waals surface area contributed by atoms with Gasteiger partial charge in [0.05, 0.1) is 15.9 Å². The molecule has 3 rings (SSSR count). The fourth-order valence-corrected chi connectivity index (χ4v) is 2.21. The van der Waals surface area contributed by atoms with Crippen LogP contribution < -0.4 is 9.47 Å². The van der Waals surface area contributed by atoms with Crippen LogP contribution in [0, 0.1) is 0 Å². The molecular weight excluding hydrogens is 238 g/mol. The Hall–Kier alpha value is -1.74. The van der Waals surface area contributed by atoms with Crippen LogP contribution >= 0.6 is 11.6 Å². The zero-order chi connectivity index (χ0) is 11.8. The molecule has 3 nitrogen and oxygen atoms in total. The topological polar surface area (TPSA) is 31.4 Å². The predicted octanol–water partition coefficient (Wildman–Crippen LogP) is 3.30. The minimum atomic E-state index is 0.537. The largest absolute Gasteiger partial charge is 0.486 e. The molecule has 0 N–H and O–H groups in total. The third-order valence-corrected chi connectivity index (χ3v) is 3.04. The maximum absolute atomic E-state index is 6.12. The van der Waals surface area contributed by atoms with Crippen LogP contribution in [0.4, 0.5) is 0 Å². The van der Waals surface area contributed by atoms with Gasteiger partial charge < -0.3 is 9.47 Å². The van der Waals surface area contributed by atoms with Gasteiger partial charge in [0.1, 0.15) is 13.2 Å². The van der Waals surface area contributed by atoms with Gasteiger partial charge in [0, 0.05) is 11.8 Å². The van der Waals surface area contributed by atoms with Gasteiger partial charge in [-0.3, -0.25) is 4.98 Å². The molecule has 0 saturated carbocycles. The molecule has 1 aromatic heterocycles. The van der Waals surface area contributed by atoms with E-state index in [0.29, 0.717) is 24.0 Å². The lowest BCUT2D eigenvalue weighted by Gasteiger charge is -2.20. The molecule has 1 aliphatic heterocycles. The third kappa shape index (κ3) is 1.54. The highest BCUT2D eigenvalue weighted by Gasteiger charge is 2.18. The number of aromatic nitrogens is 1. The maximum atomic E-state index is 6.12. The van der Waals surface area contributed by atoms with Crippen molar-refractivity contribution in [2.45, 2.75) is 0 Å². The van der Waals surface area contributed by atoms with Gasteiger partial charge in [-0.05, 0) is 12.1 Å². The zero-order valence-electron chi connectivity index (χ0n) is 9.07. The smallest absolute Gasteiger partial charge is 0.171 e. The Morgan fingerprint density at radius 2 is 2.12 bits per heavy atom. The minimum absolute atomic E-state index is 0.537. The fourth-order valence-electron chi connectivity index (χ4n) is 1.99. The lowest BCUT2D eigenvalue weighted by Crippen LogP contribution is -2.15. The van der Waals surface area contributed by atoms with Gasteiger partial charge in [-0.25, -0.2) is 0 Å². The first-order valence-corrected chi connectivity index (χ1v) is 5.68. The van der Waals surface area contributed by atoms with Crippen molar-refractivity contribution in [3.05, 3.63) is 35.5 Å². The molecule has 0 radical (unpaired) electrons. The fraction of sp³-hybridized carbons (Fsp3) is 0.154. The van der Waals surface area contributed by atoms with E-state index in [9.17, 15) is 0 Å². The first-order valence-electron chi connectivity index (χ1n) is 5.30. The molecule has 0 fully saturated rings. The van der Waals surface area contributed by atoms with Crippen molar-refractivity contribution in [2.75, 3.05) is 13.2 Å². The Kier molecular flexibility index (Phi) is 2.41. The minimum Gasteiger partial charge on any atom is -0.486 e. The van der Waals surface area contributed by atoms with E-state index < -0.39 is 0 Å². The van der Waals surface area contributed by atoms with Crippen LogP contribution in [0.1, 0.15) is 5.56 Å². The Balaban J connectivity index is 2.43. The lowest BCUT2D eigenvalue weighted by atomic mass is 10.1. The maximum Gasteiger partial charge on any atom is 0.171 e. The number of fused-ring (bicyclic) bond motifs is 3. The molecule has 0 aliphatic carbocycles. The van der Waals surface area contributed by atoms with Gasteiger partial charge >= 0.3 is 0 Å². The Morgan fingerprint density at radius 3 is 2.94 bits per heavy atom. The molecule has 0 bridgehead atoms. The van der Waals surface area contributed by atoms with E-state index in [0.717, 1.165) is 22.2 Å². The van der Waals surface area contributed by atoms with Gasteiger partial charge in [-0.2, -0.15) is 0 Å². The number of hydrogen-bond acceptors (Lipinski definition) is 3. The van der Waals surface area contributed by atoms with Crippen molar-refractivity contribution in [2.24, 2.45) is 0 Å². The van der Waals surface area contributed by atoms with E-state index >= 15 is 0 Å². The highest BCUT2D eigenvalue weighted by molar-refractivity contribution is 6.33. The molecule has 1 aliphatic rings. The Bertz CT molecular complexity index is 610. The van der Waals surface area contributed by atoms with Crippen molar-refractivity contribution in [3.63, 3.8) is 0 Å². The standard InChI is InChI=1S/C13H10ClNO2/c1-2-8-9(14)7-15-10-3-4-11-13(12(8)10)17-6-5-16-11/h2-4,7H,1,5-6H2. The zero-order valence-corrected chi connectivity index (χ0v) is 9.83. The Morgan fingerprint density at radius 1 is 1.29 bits per heavy atom. The van der Waals surface area contributed by atoms with E-state index in [1.54, 1.807) is 12.3 Å². The van der Waals surface area contributed by atoms with E-state index in [1.165, 1.54) is 0 Å². The molecule has 4 heteroatoms. The highest BCUT2D eigenvalue weighted by Crippen LogP contribution is 2.40. The van der Waals surface area contributed by atoms with Crippen molar-refractivity contribution < 1.29 is 9.47 Å². The van der Waals surface area contributed by atoms with Crippen LogP contribution in [-0.2, 0) is 0 Å². The Labute approximate surface area is 104 Å². The number of rotatable bonds is 1. The summed E-state index contributed by atoms with van der Waals surface area (Å²) in [4.78, 5) is 4.28. The number of halogens is 1. The number of hydrogen-bond donors (Lipinski definition) is 0. The molecular formula is C13H10ClNO2. The number of benzene rings is 1. The molecule has 0 unspecified atom stereocenters. The van der Waals surface area contributed by atoms with E-state index in [2.05, 4.69) is 11.6 Å². The van der Waals surface area contributed by atoms with Crippen LogP contribution in [0.2, 0.25) is 5.02 Å². The molecule has 0 saturated heterocycles. The molecule has 86 valence electrons. The molecule has 2 aromatic rings. The number of ether oxygens (including phenoxy) is 2. The number of nitrogens with zero attached hydrogens (tertiary/aromatic N) is 1. The van der Waals surface area contributed by atoms with Gasteiger partial charge in [-0.1, -0.05) is 24.3 Å². The van der Waals surface area contributed by atoms with Gasteiger partial charge in [0.2, 0.25) is 0 Å². The summed E-state index contributed by atoms with van der Waals surface area (Å²) in [6, 6.07) is 3.76. The molecule has 0 spiro atoms. The second-order valence-electron chi connectivity index (χ2n) is 3.71. The predicted molar refractivity (Wildman–Crippen MR) is 67.8 cm³/mol. The van der Waals surface area contributed by atoms with E-state index in [-0.39, 0.29) is 0 Å². The second kappa shape index (κ2) is 3.93. The quantitative estimate of drug-likeness (QED) is 0.775. The second-order valence-corrected chi connectivity index (χ2v) is 4.12. The normalized spacial score (nSPS) is 13.7. The SMILES string of the molecule is C=Cc1c(Cl)cnc2ccc3c(c12)OCCO3.